The highest BCUT2D eigenvalue weighted by molar-refractivity contribution is 5.67. The van der Waals surface area contributed by atoms with Crippen molar-refractivity contribution >= 4 is 11.9 Å². The Labute approximate surface area is 141 Å². The fourth-order valence-electron chi connectivity index (χ4n) is 9.38. The van der Waals surface area contributed by atoms with E-state index in [1.807, 2.05) is 0 Å². The van der Waals surface area contributed by atoms with Crippen molar-refractivity contribution in [3.63, 3.8) is 0 Å². The van der Waals surface area contributed by atoms with Gasteiger partial charge in [0.05, 0.1) is 0 Å². The van der Waals surface area contributed by atoms with E-state index in [4.69, 9.17) is 0 Å². The number of rotatable bonds is 4. The summed E-state index contributed by atoms with van der Waals surface area (Å²) in [5, 5.41) is 18.7. The average molecular weight is 328 g/mol. The minimum Gasteiger partial charge on any atom is -0.481 e. The Morgan fingerprint density at radius 3 is 1.58 bits per heavy atom. The first-order valence-corrected chi connectivity index (χ1v) is 9.68. The molecule has 0 aromatic rings. The highest BCUT2D eigenvalue weighted by atomic mass is 16.4. The van der Waals surface area contributed by atoms with E-state index in [1.165, 1.54) is 0 Å². The van der Waals surface area contributed by atoms with Gasteiger partial charge in [-0.1, -0.05) is 12.2 Å². The van der Waals surface area contributed by atoms with Gasteiger partial charge in [-0.15, -0.1) is 0 Å². The van der Waals surface area contributed by atoms with E-state index in [9.17, 15) is 19.8 Å². The van der Waals surface area contributed by atoms with Gasteiger partial charge in [0.15, 0.2) is 0 Å². The summed E-state index contributed by atoms with van der Waals surface area (Å²) < 4.78 is 0. The number of carbonyl (C=O) groups is 2. The molecule has 128 valence electrons. The second kappa shape index (κ2) is 4.25. The van der Waals surface area contributed by atoms with Crippen LogP contribution >= 0.6 is 0 Å². The number of aliphatic carboxylic acids is 2. The summed E-state index contributed by atoms with van der Waals surface area (Å²) in [7, 11) is 0. The average Bonchev–Trinajstić information content (AvgIpc) is 3.19. The first kappa shape index (κ1) is 13.9. The molecule has 6 aliphatic carbocycles. The largest absolute Gasteiger partial charge is 0.481 e. The van der Waals surface area contributed by atoms with Crippen molar-refractivity contribution in [2.45, 2.75) is 25.7 Å². The van der Waals surface area contributed by atoms with Crippen LogP contribution in [0.25, 0.3) is 0 Å². The molecule has 4 heteroatoms. The van der Waals surface area contributed by atoms with Gasteiger partial charge in [0, 0.05) is 12.8 Å². The van der Waals surface area contributed by atoms with Gasteiger partial charge >= 0.3 is 11.9 Å². The number of hydrogen-bond donors (Lipinski definition) is 2. The number of carboxylic acid groups (broad SMARTS) is 2. The van der Waals surface area contributed by atoms with Crippen molar-refractivity contribution < 1.29 is 19.8 Å². The zero-order valence-corrected chi connectivity index (χ0v) is 13.6. The van der Waals surface area contributed by atoms with Gasteiger partial charge < -0.3 is 10.2 Å². The van der Waals surface area contributed by atoms with Crippen LogP contribution in [0.5, 0.6) is 0 Å². The third-order valence-electron chi connectivity index (χ3n) is 9.21. The van der Waals surface area contributed by atoms with Crippen LogP contribution in [0.15, 0.2) is 12.2 Å². The van der Waals surface area contributed by atoms with E-state index in [0.29, 0.717) is 60.2 Å². The normalized spacial score (nSPS) is 60.2. The Hall–Kier alpha value is -1.32. The summed E-state index contributed by atoms with van der Waals surface area (Å²) in [4.78, 5) is 22.7. The highest BCUT2D eigenvalue weighted by Crippen LogP contribution is 2.80. The molecule has 0 amide bonds. The molecule has 0 radical (unpaired) electrons. The third kappa shape index (κ3) is 1.40. The lowest BCUT2D eigenvalue weighted by Gasteiger charge is -2.27. The van der Waals surface area contributed by atoms with Crippen molar-refractivity contribution in [1.82, 2.24) is 0 Å². The summed E-state index contributed by atoms with van der Waals surface area (Å²) in [5.74, 6) is 6.21. The van der Waals surface area contributed by atoms with Crippen molar-refractivity contribution in [3.05, 3.63) is 12.2 Å². The molecule has 24 heavy (non-hydrogen) atoms. The molecule has 4 nitrogen and oxygen atoms in total. The lowest BCUT2D eigenvalue weighted by atomic mass is 9.77. The zero-order chi connectivity index (χ0) is 16.3. The van der Waals surface area contributed by atoms with Gasteiger partial charge in [-0.3, -0.25) is 9.59 Å². The second-order valence-electron chi connectivity index (χ2n) is 9.52. The van der Waals surface area contributed by atoms with Crippen LogP contribution in [0.1, 0.15) is 25.7 Å². The van der Waals surface area contributed by atoms with Crippen LogP contribution in [-0.2, 0) is 9.59 Å². The van der Waals surface area contributed by atoms with Crippen LogP contribution in [0, 0.1) is 71.0 Å². The molecule has 0 bridgehead atoms. The molecule has 5 saturated carbocycles. The van der Waals surface area contributed by atoms with Gasteiger partial charge in [-0.25, -0.2) is 0 Å². The number of carboxylic acids is 2. The molecular formula is C20H24O4. The van der Waals surface area contributed by atoms with Crippen molar-refractivity contribution in [1.29, 1.82) is 0 Å². The van der Waals surface area contributed by atoms with Crippen LogP contribution in [-0.4, -0.2) is 22.2 Å². The Morgan fingerprint density at radius 1 is 0.708 bits per heavy atom. The van der Waals surface area contributed by atoms with Gasteiger partial charge in [0.2, 0.25) is 0 Å². The maximum absolute atomic E-state index is 11.4. The predicted octanol–water partition coefficient (Wildman–Crippen LogP) is 2.75. The van der Waals surface area contributed by atoms with Crippen molar-refractivity contribution in [3.8, 4) is 0 Å². The van der Waals surface area contributed by atoms with E-state index < -0.39 is 11.9 Å². The topological polar surface area (TPSA) is 74.6 Å². The maximum atomic E-state index is 11.4. The smallest absolute Gasteiger partial charge is 0.303 e. The van der Waals surface area contributed by atoms with Gasteiger partial charge in [0.25, 0.3) is 0 Å². The van der Waals surface area contributed by atoms with E-state index in [2.05, 4.69) is 12.2 Å². The van der Waals surface area contributed by atoms with Gasteiger partial charge in [-0.2, -0.15) is 0 Å². The monoisotopic (exact) mass is 328 g/mol. The molecule has 2 unspecified atom stereocenters. The Kier molecular flexibility index (Phi) is 2.47. The molecule has 0 aliphatic heterocycles. The number of fused-ring (bicyclic) bond motifs is 3. The fraction of sp³-hybridized carbons (Fsp3) is 0.800. The standard InChI is InChI=1S/C20H24O4/c21-13(22)5-7-3-11-12-4-8(6-14(23)24)16-10-2-1-9-15(7)18(11)20(17(9)10)19(12)16/h1-2,7-12,15-20H,3-6H2,(H,21,22)(H,23,24)/t7-,8+,9-,10-,11+,12-,15-,16+,17?,18-,19-,20?/m0/s1. The molecule has 12 atom stereocenters. The van der Waals surface area contributed by atoms with Gasteiger partial charge in [-0.05, 0) is 83.9 Å². The summed E-state index contributed by atoms with van der Waals surface area (Å²) in [6, 6.07) is 0. The number of hydrogen-bond acceptors (Lipinski definition) is 2. The van der Waals surface area contributed by atoms with Crippen molar-refractivity contribution in [2.24, 2.45) is 71.0 Å². The van der Waals surface area contributed by atoms with E-state index in [0.717, 1.165) is 36.5 Å². The fourth-order valence-corrected chi connectivity index (χ4v) is 9.38. The van der Waals surface area contributed by atoms with Crippen molar-refractivity contribution in [2.75, 3.05) is 0 Å². The van der Waals surface area contributed by atoms with E-state index in [1.54, 1.807) is 0 Å². The molecule has 0 aromatic heterocycles. The molecule has 0 heterocycles. The molecule has 6 aliphatic rings. The highest BCUT2D eigenvalue weighted by Gasteiger charge is 2.76. The summed E-state index contributed by atoms with van der Waals surface area (Å²) in [6.07, 6.45) is 7.69. The number of allylic oxidation sites excluding steroid dienone is 2. The summed E-state index contributed by atoms with van der Waals surface area (Å²) in [5.41, 5.74) is 0. The first-order chi connectivity index (χ1) is 11.6. The van der Waals surface area contributed by atoms with E-state index >= 15 is 0 Å². The summed E-state index contributed by atoms with van der Waals surface area (Å²) in [6.45, 7) is 0. The molecule has 0 spiro atoms. The molecular weight excluding hydrogens is 304 g/mol. The molecule has 6 rings (SSSR count). The summed E-state index contributed by atoms with van der Waals surface area (Å²) >= 11 is 0. The van der Waals surface area contributed by atoms with Crippen LogP contribution in [0.4, 0.5) is 0 Å². The third-order valence-corrected chi connectivity index (χ3v) is 9.21. The first-order valence-electron chi connectivity index (χ1n) is 9.68. The van der Waals surface area contributed by atoms with Gasteiger partial charge in [0.1, 0.15) is 0 Å². The van der Waals surface area contributed by atoms with Crippen LogP contribution in [0.3, 0.4) is 0 Å². The zero-order valence-electron chi connectivity index (χ0n) is 13.6. The minimum atomic E-state index is -0.639. The Bertz CT molecular complexity index is 615. The second-order valence-corrected chi connectivity index (χ2v) is 9.52. The Morgan fingerprint density at radius 2 is 1.17 bits per heavy atom. The van der Waals surface area contributed by atoms with Crippen LogP contribution < -0.4 is 0 Å². The lowest BCUT2D eigenvalue weighted by Crippen LogP contribution is -2.25. The molecule has 2 N–H and O–H groups in total. The molecule has 0 aromatic carbocycles. The SMILES string of the molecule is O=C(O)C[C@@H]1C[C@@H]2[C@@H]3C[C@H](CC(=O)O)[C@H]4[C@H]3C3C5[C@@H](C=C[C@H]54)[C@H]1[C@@H]32. The minimum absolute atomic E-state index is 0.339. The Balaban J connectivity index is 1.41. The molecule has 5 fully saturated rings. The lowest BCUT2D eigenvalue weighted by molar-refractivity contribution is -0.139. The quantitative estimate of drug-likeness (QED) is 0.778. The maximum Gasteiger partial charge on any atom is 0.303 e. The van der Waals surface area contributed by atoms with E-state index in [-0.39, 0.29) is 0 Å². The predicted molar refractivity (Wildman–Crippen MR) is 84.8 cm³/mol. The van der Waals surface area contributed by atoms with Crippen LogP contribution in [0.2, 0.25) is 0 Å². The molecule has 0 saturated heterocycles.